The van der Waals surface area contributed by atoms with E-state index in [4.69, 9.17) is 4.42 Å². The molecular formula is C14H16N4O3. The number of aliphatic hydroxyl groups excluding tert-OH is 1. The first-order valence-electron chi connectivity index (χ1n) is 6.84. The Morgan fingerprint density at radius 1 is 1.38 bits per heavy atom. The molecule has 110 valence electrons. The number of hydrogen-bond acceptors (Lipinski definition) is 6. The largest absolute Gasteiger partial charge is 0.406 e. The number of aromatic nitrogens is 2. The van der Waals surface area contributed by atoms with Crippen LogP contribution >= 0.6 is 0 Å². The van der Waals surface area contributed by atoms with Crippen LogP contribution in [0.5, 0.6) is 0 Å². The topological polar surface area (TPSA) is 100 Å². The highest BCUT2D eigenvalue weighted by Crippen LogP contribution is 2.23. The first-order valence-corrected chi connectivity index (χ1v) is 6.84. The van der Waals surface area contributed by atoms with Gasteiger partial charge in [0.1, 0.15) is 0 Å². The van der Waals surface area contributed by atoms with E-state index in [1.165, 1.54) is 0 Å². The molecule has 2 atom stereocenters. The number of hydrogen-bond donors (Lipinski definition) is 3. The van der Waals surface area contributed by atoms with Gasteiger partial charge in [0, 0.05) is 0 Å². The number of benzene rings is 1. The summed E-state index contributed by atoms with van der Waals surface area (Å²) in [6.07, 6.45) is 0.718. The zero-order valence-corrected chi connectivity index (χ0v) is 11.3. The fourth-order valence-electron chi connectivity index (χ4n) is 2.28. The van der Waals surface area contributed by atoms with Gasteiger partial charge in [-0.3, -0.25) is 10.1 Å². The lowest BCUT2D eigenvalue weighted by atomic mass is 10.1. The number of nitrogens with one attached hydrogen (secondary N) is 2. The van der Waals surface area contributed by atoms with Crippen LogP contribution in [0.2, 0.25) is 0 Å². The lowest BCUT2D eigenvalue weighted by Crippen LogP contribution is -2.20. The first kappa shape index (κ1) is 13.7. The van der Waals surface area contributed by atoms with Gasteiger partial charge in [-0.15, -0.1) is 5.10 Å². The Morgan fingerprint density at radius 2 is 2.19 bits per heavy atom. The minimum atomic E-state index is -1.27. The fraction of sp³-hybridized carbons (Fsp3) is 0.357. The lowest BCUT2D eigenvalue weighted by Gasteiger charge is -2.09. The third-order valence-corrected chi connectivity index (χ3v) is 3.39. The molecule has 1 aliphatic heterocycles. The van der Waals surface area contributed by atoms with Gasteiger partial charge in [0.15, 0.2) is 6.10 Å². The monoisotopic (exact) mass is 288 g/mol. The summed E-state index contributed by atoms with van der Waals surface area (Å²) in [6, 6.07) is 8.70. The summed E-state index contributed by atoms with van der Waals surface area (Å²) in [7, 11) is 0. The zero-order chi connectivity index (χ0) is 14.7. The van der Waals surface area contributed by atoms with Crippen LogP contribution in [0.3, 0.4) is 0 Å². The third kappa shape index (κ3) is 3.09. The summed E-state index contributed by atoms with van der Waals surface area (Å²) in [6.45, 7) is 0.918. The van der Waals surface area contributed by atoms with Crippen molar-refractivity contribution in [2.75, 3.05) is 11.9 Å². The summed E-state index contributed by atoms with van der Waals surface area (Å²) < 4.78 is 5.40. The van der Waals surface area contributed by atoms with Gasteiger partial charge in [-0.05, 0) is 24.9 Å². The van der Waals surface area contributed by atoms with Crippen molar-refractivity contribution in [2.24, 2.45) is 0 Å². The number of aliphatic hydroxyl groups is 1. The second kappa shape index (κ2) is 6.02. The van der Waals surface area contributed by atoms with Crippen molar-refractivity contribution in [3.05, 3.63) is 41.8 Å². The van der Waals surface area contributed by atoms with Crippen LogP contribution in [0.15, 0.2) is 34.7 Å². The molecule has 7 heteroatoms. The van der Waals surface area contributed by atoms with E-state index < -0.39 is 12.0 Å². The quantitative estimate of drug-likeness (QED) is 0.780. The molecule has 7 nitrogen and oxygen atoms in total. The van der Waals surface area contributed by atoms with Crippen LogP contribution in [0, 0.1) is 0 Å². The fourth-order valence-corrected chi connectivity index (χ4v) is 2.28. The van der Waals surface area contributed by atoms with Crippen molar-refractivity contribution < 1.29 is 14.3 Å². The summed E-state index contributed by atoms with van der Waals surface area (Å²) in [4.78, 5) is 11.9. The van der Waals surface area contributed by atoms with Crippen LogP contribution in [0.4, 0.5) is 6.01 Å². The van der Waals surface area contributed by atoms with Gasteiger partial charge in [-0.25, -0.2) is 0 Å². The Morgan fingerprint density at radius 3 is 2.90 bits per heavy atom. The van der Waals surface area contributed by atoms with Crippen LogP contribution in [0.25, 0.3) is 0 Å². The first-order chi connectivity index (χ1) is 10.2. The van der Waals surface area contributed by atoms with Crippen LogP contribution < -0.4 is 10.6 Å². The minimum absolute atomic E-state index is 0.00122. The van der Waals surface area contributed by atoms with Crippen molar-refractivity contribution >= 4 is 11.9 Å². The van der Waals surface area contributed by atoms with Crippen LogP contribution in [-0.2, 0) is 4.79 Å². The highest BCUT2D eigenvalue weighted by Gasteiger charge is 2.24. The summed E-state index contributed by atoms with van der Waals surface area (Å²) >= 11 is 0. The van der Waals surface area contributed by atoms with E-state index in [2.05, 4.69) is 20.8 Å². The van der Waals surface area contributed by atoms with Crippen LogP contribution in [0.1, 0.15) is 36.4 Å². The van der Waals surface area contributed by atoms with Gasteiger partial charge in [0.25, 0.3) is 5.91 Å². The molecule has 2 heterocycles. The van der Waals surface area contributed by atoms with E-state index in [0.717, 1.165) is 19.4 Å². The number of rotatable bonds is 4. The highest BCUT2D eigenvalue weighted by atomic mass is 16.4. The molecule has 2 aromatic rings. The number of anilines is 1. The number of carbonyl (C=O) groups is 1. The van der Waals surface area contributed by atoms with Crippen molar-refractivity contribution in [3.8, 4) is 0 Å². The second-order valence-corrected chi connectivity index (χ2v) is 4.90. The van der Waals surface area contributed by atoms with Crippen molar-refractivity contribution in [1.82, 2.24) is 15.5 Å². The normalized spacial score (nSPS) is 19.4. The molecule has 1 aliphatic rings. The molecule has 1 aromatic carbocycles. The molecule has 0 spiro atoms. The summed E-state index contributed by atoms with van der Waals surface area (Å²) in [5.74, 6) is -0.146. The molecular weight excluding hydrogens is 272 g/mol. The highest BCUT2D eigenvalue weighted by molar-refractivity contribution is 5.92. The minimum Gasteiger partial charge on any atom is -0.406 e. The number of nitrogens with zero attached hydrogens (tertiary/aromatic N) is 2. The SMILES string of the molecule is O=C(Nc1nnc(C2CCCN2)o1)C(O)c1ccccc1. The smallest absolute Gasteiger partial charge is 0.322 e. The molecule has 1 saturated heterocycles. The molecule has 3 N–H and O–H groups in total. The van der Waals surface area contributed by atoms with E-state index in [9.17, 15) is 9.90 Å². The molecule has 1 amide bonds. The molecule has 2 unspecified atom stereocenters. The number of amides is 1. The van der Waals surface area contributed by atoms with Gasteiger partial charge in [0.05, 0.1) is 6.04 Å². The lowest BCUT2D eigenvalue weighted by molar-refractivity contribution is -0.124. The predicted octanol–water partition coefficient (Wildman–Crippen LogP) is 1.17. The predicted molar refractivity (Wildman–Crippen MR) is 74.3 cm³/mol. The number of carbonyl (C=O) groups excluding carboxylic acids is 1. The van der Waals surface area contributed by atoms with Gasteiger partial charge < -0.3 is 14.8 Å². The van der Waals surface area contributed by atoms with Gasteiger partial charge >= 0.3 is 6.01 Å². The van der Waals surface area contributed by atoms with Gasteiger partial charge in [0.2, 0.25) is 5.89 Å². The average Bonchev–Trinajstić information content (AvgIpc) is 3.18. The maximum Gasteiger partial charge on any atom is 0.322 e. The van der Waals surface area contributed by atoms with E-state index >= 15 is 0 Å². The van der Waals surface area contributed by atoms with Crippen molar-refractivity contribution in [2.45, 2.75) is 25.0 Å². The molecule has 21 heavy (non-hydrogen) atoms. The Balaban J connectivity index is 1.64. The molecule has 1 aromatic heterocycles. The Kier molecular flexibility index (Phi) is 3.94. The molecule has 3 rings (SSSR count). The second-order valence-electron chi connectivity index (χ2n) is 4.90. The average molecular weight is 288 g/mol. The Bertz CT molecular complexity index is 608. The van der Waals surface area contributed by atoms with E-state index in [-0.39, 0.29) is 12.1 Å². The maximum atomic E-state index is 11.9. The molecule has 0 bridgehead atoms. The Hall–Kier alpha value is -2.25. The molecule has 0 radical (unpaired) electrons. The molecule has 1 fully saturated rings. The third-order valence-electron chi connectivity index (χ3n) is 3.39. The zero-order valence-electron chi connectivity index (χ0n) is 11.3. The van der Waals surface area contributed by atoms with Gasteiger partial charge in [-0.1, -0.05) is 35.4 Å². The standard InChI is InChI=1S/C14H16N4O3/c19-11(9-5-2-1-3-6-9)12(20)16-14-18-17-13(21-14)10-7-4-8-15-10/h1-3,5-6,10-11,15,19H,4,7-8H2,(H,16,18,20). The van der Waals surface area contributed by atoms with E-state index in [0.29, 0.717) is 11.5 Å². The Labute approximate surface area is 121 Å². The van der Waals surface area contributed by atoms with Crippen molar-refractivity contribution in [1.29, 1.82) is 0 Å². The van der Waals surface area contributed by atoms with Gasteiger partial charge in [-0.2, -0.15) is 0 Å². The molecule has 0 saturated carbocycles. The summed E-state index contributed by atoms with van der Waals surface area (Å²) in [5.41, 5.74) is 0.507. The maximum absolute atomic E-state index is 11.9. The molecule has 0 aliphatic carbocycles. The van der Waals surface area contributed by atoms with E-state index in [1.54, 1.807) is 24.3 Å². The van der Waals surface area contributed by atoms with Crippen LogP contribution in [-0.4, -0.2) is 27.8 Å². The van der Waals surface area contributed by atoms with Crippen molar-refractivity contribution in [3.63, 3.8) is 0 Å². The summed E-state index contributed by atoms with van der Waals surface area (Å²) in [5, 5.41) is 23.3. The van der Waals surface area contributed by atoms with E-state index in [1.807, 2.05) is 6.07 Å².